The van der Waals surface area contributed by atoms with E-state index in [1.165, 1.54) is 6.92 Å². The molecule has 1 unspecified atom stereocenters. The van der Waals surface area contributed by atoms with Gasteiger partial charge in [-0.25, -0.2) is 4.79 Å². The van der Waals surface area contributed by atoms with Crippen LogP contribution in [0.1, 0.15) is 52.0 Å². The second-order valence-corrected chi connectivity index (χ2v) is 8.08. The number of amides is 3. The molecule has 8 heteroatoms. The number of rotatable bonds is 13. The number of para-hydroxylation sites is 1. The average Bonchev–Trinajstić information content (AvgIpc) is 3.12. The lowest BCUT2D eigenvalue weighted by molar-refractivity contribution is -0.128. The third-order valence-corrected chi connectivity index (χ3v) is 5.40. The fourth-order valence-electron chi connectivity index (χ4n) is 3.76. The average molecular weight is 430 g/mol. The molecule has 6 N–H and O–H groups in total. The number of aromatic amines is 1. The first-order valence-corrected chi connectivity index (χ1v) is 11.0. The lowest BCUT2D eigenvalue weighted by Crippen LogP contribution is -2.52. The molecule has 0 radical (unpaired) electrons. The molecule has 3 atom stereocenters. The van der Waals surface area contributed by atoms with E-state index in [4.69, 9.17) is 5.73 Å². The van der Waals surface area contributed by atoms with E-state index in [0.717, 1.165) is 29.3 Å². The molecule has 1 aromatic heterocycles. The largest absolute Gasteiger partial charge is 0.361 e. The minimum atomic E-state index is -0.610. The van der Waals surface area contributed by atoms with E-state index >= 15 is 0 Å². The predicted octanol–water partition coefficient (Wildman–Crippen LogP) is 2.38. The zero-order valence-electron chi connectivity index (χ0n) is 18.7. The number of Topliss-reactive ketones (excluding diaryl/α,β-unsaturated/α-hetero) is 1. The summed E-state index contributed by atoms with van der Waals surface area (Å²) >= 11 is 0. The van der Waals surface area contributed by atoms with Crippen LogP contribution in [0.5, 0.6) is 0 Å². The lowest BCUT2D eigenvalue weighted by Gasteiger charge is -2.25. The van der Waals surface area contributed by atoms with E-state index in [9.17, 15) is 14.4 Å². The van der Waals surface area contributed by atoms with Crippen LogP contribution in [0, 0.1) is 0 Å². The number of urea groups is 1. The van der Waals surface area contributed by atoms with Crippen LogP contribution in [0.25, 0.3) is 10.9 Å². The van der Waals surface area contributed by atoms with E-state index in [0.29, 0.717) is 25.8 Å². The number of hydrogen-bond donors (Lipinski definition) is 5. The van der Waals surface area contributed by atoms with Crippen LogP contribution >= 0.6 is 0 Å². The number of ketones is 1. The number of carbonyl (C=O) groups is 3. The molecule has 31 heavy (non-hydrogen) atoms. The van der Waals surface area contributed by atoms with Crippen LogP contribution in [0.3, 0.4) is 0 Å². The maximum Gasteiger partial charge on any atom is 0.312 e. The van der Waals surface area contributed by atoms with Crippen LogP contribution in [-0.4, -0.2) is 47.4 Å². The molecule has 0 saturated carbocycles. The summed E-state index contributed by atoms with van der Waals surface area (Å²) in [7, 11) is 0. The second-order valence-electron chi connectivity index (χ2n) is 8.08. The summed E-state index contributed by atoms with van der Waals surface area (Å²) in [4.78, 5) is 39.5. The Hall–Kier alpha value is -2.87. The number of H-pyrrole nitrogens is 1. The summed E-state index contributed by atoms with van der Waals surface area (Å²) in [5, 5.41) is 9.90. The number of carbonyl (C=O) groups excluding carboxylic acids is 3. The summed E-state index contributed by atoms with van der Waals surface area (Å²) in [6, 6.07) is 6.40. The highest BCUT2D eigenvalue weighted by Crippen LogP contribution is 2.19. The zero-order valence-corrected chi connectivity index (χ0v) is 18.7. The summed E-state index contributed by atoms with van der Waals surface area (Å²) in [6.07, 6.45) is 5.38. The molecular weight excluding hydrogens is 394 g/mol. The van der Waals surface area contributed by atoms with Gasteiger partial charge in [0, 0.05) is 36.1 Å². The van der Waals surface area contributed by atoms with Gasteiger partial charge in [-0.1, -0.05) is 31.5 Å². The molecule has 8 nitrogen and oxygen atoms in total. The Morgan fingerprint density at radius 3 is 2.55 bits per heavy atom. The van der Waals surface area contributed by atoms with E-state index in [1.54, 1.807) is 0 Å². The quantitative estimate of drug-likeness (QED) is 0.313. The summed E-state index contributed by atoms with van der Waals surface area (Å²) in [6.45, 7) is 6.03. The van der Waals surface area contributed by atoms with Crippen molar-refractivity contribution in [2.45, 2.75) is 71.0 Å². The standard InChI is InChI=1S/C23H35N5O3/c1-4-8-15(2)27-20(11-7-12-25-23(24)31)22(30)28-21(16(3)29)13-17-14-26-19-10-6-5-9-18(17)19/h5-6,9-10,14-15,20-21,26-27H,4,7-8,11-13H2,1-3H3,(H,28,30)(H3,24,25,31)/t15?,20-,21-/m0/s1. The smallest absolute Gasteiger partial charge is 0.312 e. The van der Waals surface area contributed by atoms with Crippen LogP contribution in [-0.2, 0) is 16.0 Å². The fourth-order valence-corrected chi connectivity index (χ4v) is 3.76. The van der Waals surface area contributed by atoms with E-state index in [-0.39, 0.29) is 17.7 Å². The zero-order chi connectivity index (χ0) is 22.8. The van der Waals surface area contributed by atoms with Gasteiger partial charge in [0.1, 0.15) is 0 Å². The normalized spacial score (nSPS) is 14.0. The Morgan fingerprint density at radius 2 is 1.87 bits per heavy atom. The Kier molecular flexibility index (Phi) is 9.52. The van der Waals surface area contributed by atoms with Gasteiger partial charge in [-0.2, -0.15) is 0 Å². The number of nitrogens with one attached hydrogen (secondary N) is 4. The molecule has 0 aliphatic heterocycles. The molecule has 0 aliphatic rings. The fraction of sp³-hybridized carbons (Fsp3) is 0.522. The minimum absolute atomic E-state index is 0.0885. The minimum Gasteiger partial charge on any atom is -0.361 e. The molecule has 2 aromatic rings. The molecule has 1 heterocycles. The summed E-state index contributed by atoms with van der Waals surface area (Å²) in [5.41, 5.74) is 7.10. The number of fused-ring (bicyclic) bond motifs is 1. The number of nitrogens with two attached hydrogens (primary N) is 1. The van der Waals surface area contributed by atoms with Crippen molar-refractivity contribution in [2.24, 2.45) is 5.73 Å². The van der Waals surface area contributed by atoms with Crippen LogP contribution < -0.4 is 21.7 Å². The number of hydrogen-bond acceptors (Lipinski definition) is 4. The van der Waals surface area contributed by atoms with Crippen molar-refractivity contribution in [3.63, 3.8) is 0 Å². The third kappa shape index (κ3) is 7.71. The van der Waals surface area contributed by atoms with Gasteiger partial charge in [0.2, 0.25) is 5.91 Å². The highest BCUT2D eigenvalue weighted by molar-refractivity contribution is 5.91. The Bertz CT molecular complexity index is 879. The van der Waals surface area contributed by atoms with Gasteiger partial charge in [-0.15, -0.1) is 0 Å². The van der Waals surface area contributed by atoms with E-state index < -0.39 is 18.1 Å². The van der Waals surface area contributed by atoms with Gasteiger partial charge in [-0.3, -0.25) is 9.59 Å². The molecule has 0 bridgehead atoms. The first kappa shape index (κ1) is 24.4. The Balaban J connectivity index is 2.06. The van der Waals surface area contributed by atoms with Crippen molar-refractivity contribution in [3.05, 3.63) is 36.0 Å². The summed E-state index contributed by atoms with van der Waals surface area (Å²) < 4.78 is 0. The molecular formula is C23H35N5O3. The maximum absolute atomic E-state index is 13.1. The number of benzene rings is 1. The molecule has 1 aromatic carbocycles. The molecule has 2 rings (SSSR count). The second kappa shape index (κ2) is 12.1. The molecule has 0 fully saturated rings. The molecule has 0 spiro atoms. The van der Waals surface area contributed by atoms with Crippen molar-refractivity contribution < 1.29 is 14.4 Å². The van der Waals surface area contributed by atoms with Gasteiger partial charge in [0.15, 0.2) is 5.78 Å². The van der Waals surface area contributed by atoms with Gasteiger partial charge in [-0.05, 0) is 44.7 Å². The number of primary amides is 1. The van der Waals surface area contributed by atoms with Gasteiger partial charge in [0.05, 0.1) is 12.1 Å². The van der Waals surface area contributed by atoms with Crippen molar-refractivity contribution in [1.82, 2.24) is 20.9 Å². The summed E-state index contributed by atoms with van der Waals surface area (Å²) in [5.74, 6) is -0.295. The molecule has 0 aliphatic carbocycles. The maximum atomic E-state index is 13.1. The molecule has 0 saturated heterocycles. The van der Waals surface area contributed by atoms with Gasteiger partial charge >= 0.3 is 6.03 Å². The van der Waals surface area contributed by atoms with Gasteiger partial charge in [0.25, 0.3) is 0 Å². The van der Waals surface area contributed by atoms with E-state index in [2.05, 4.69) is 27.9 Å². The van der Waals surface area contributed by atoms with E-state index in [1.807, 2.05) is 37.4 Å². The van der Waals surface area contributed by atoms with Crippen LogP contribution in [0.4, 0.5) is 4.79 Å². The first-order valence-electron chi connectivity index (χ1n) is 11.0. The van der Waals surface area contributed by atoms with Crippen molar-refractivity contribution in [3.8, 4) is 0 Å². The predicted molar refractivity (Wildman–Crippen MR) is 123 cm³/mol. The third-order valence-electron chi connectivity index (χ3n) is 5.40. The Labute approximate surface area is 183 Å². The highest BCUT2D eigenvalue weighted by Gasteiger charge is 2.25. The number of aromatic nitrogens is 1. The molecule has 170 valence electrons. The lowest BCUT2D eigenvalue weighted by atomic mass is 10.0. The van der Waals surface area contributed by atoms with Gasteiger partial charge < -0.3 is 26.7 Å². The van der Waals surface area contributed by atoms with Crippen LogP contribution in [0.15, 0.2) is 30.5 Å². The van der Waals surface area contributed by atoms with Crippen molar-refractivity contribution >= 4 is 28.6 Å². The van der Waals surface area contributed by atoms with Crippen molar-refractivity contribution in [1.29, 1.82) is 0 Å². The SMILES string of the molecule is CCCC(C)N[C@@H](CCCNC(N)=O)C(=O)N[C@@H](Cc1c[nH]c2ccccc12)C(C)=O. The topological polar surface area (TPSA) is 129 Å². The first-order chi connectivity index (χ1) is 14.8. The van der Waals surface area contributed by atoms with Crippen LogP contribution in [0.2, 0.25) is 0 Å². The highest BCUT2D eigenvalue weighted by atomic mass is 16.2. The molecule has 3 amide bonds. The van der Waals surface area contributed by atoms with Crippen molar-refractivity contribution in [2.75, 3.05) is 6.54 Å². The Morgan fingerprint density at radius 1 is 1.13 bits per heavy atom. The monoisotopic (exact) mass is 429 g/mol.